The predicted molar refractivity (Wildman–Crippen MR) is 77.5 cm³/mol. The minimum absolute atomic E-state index is 0.134. The minimum atomic E-state index is -0.895. The molecular formula is C17H18F2O2. The van der Waals surface area contributed by atoms with Crippen molar-refractivity contribution in [2.24, 2.45) is 0 Å². The molecule has 0 bridgehead atoms. The van der Waals surface area contributed by atoms with Crippen LogP contribution in [0.2, 0.25) is 0 Å². The van der Waals surface area contributed by atoms with Crippen LogP contribution in [0.4, 0.5) is 8.78 Å². The summed E-state index contributed by atoms with van der Waals surface area (Å²) in [7, 11) is 0. The zero-order chi connectivity index (χ0) is 15.6. The van der Waals surface area contributed by atoms with Gasteiger partial charge in [0, 0.05) is 6.07 Å². The monoisotopic (exact) mass is 292 g/mol. The summed E-state index contributed by atoms with van der Waals surface area (Å²) in [6.07, 6.45) is -0.895. The van der Waals surface area contributed by atoms with Crippen LogP contribution >= 0.6 is 0 Å². The Hall–Kier alpha value is -1.94. The number of benzene rings is 2. The van der Waals surface area contributed by atoms with Gasteiger partial charge >= 0.3 is 0 Å². The molecule has 0 amide bonds. The fourth-order valence-corrected chi connectivity index (χ4v) is 2.56. The summed E-state index contributed by atoms with van der Waals surface area (Å²) in [5.41, 5.74) is 3.77. The Labute approximate surface area is 123 Å². The average Bonchev–Trinajstić information content (AvgIpc) is 2.38. The Balaban J connectivity index is 2.15. The highest BCUT2D eigenvalue weighted by atomic mass is 19.1. The van der Waals surface area contributed by atoms with Crippen LogP contribution < -0.4 is 4.74 Å². The number of ether oxygens (including phenoxy) is 1. The van der Waals surface area contributed by atoms with Crippen LogP contribution in [-0.2, 0) is 0 Å². The lowest BCUT2D eigenvalue weighted by molar-refractivity contribution is 0.104. The van der Waals surface area contributed by atoms with E-state index in [9.17, 15) is 13.9 Å². The first-order valence-corrected chi connectivity index (χ1v) is 6.72. The quantitative estimate of drug-likeness (QED) is 0.923. The molecule has 1 atom stereocenters. The first-order chi connectivity index (χ1) is 9.88. The van der Waals surface area contributed by atoms with E-state index < -0.39 is 17.7 Å². The molecule has 0 spiro atoms. The highest BCUT2D eigenvalue weighted by Crippen LogP contribution is 2.25. The fourth-order valence-electron chi connectivity index (χ4n) is 2.56. The number of halogens is 2. The van der Waals surface area contributed by atoms with E-state index in [2.05, 4.69) is 0 Å². The van der Waals surface area contributed by atoms with Gasteiger partial charge in [-0.25, -0.2) is 8.78 Å². The van der Waals surface area contributed by atoms with Gasteiger partial charge in [0.15, 0.2) is 11.6 Å². The Bertz CT molecular complexity index is 630. The van der Waals surface area contributed by atoms with E-state index in [0.29, 0.717) is 0 Å². The summed E-state index contributed by atoms with van der Waals surface area (Å²) >= 11 is 0. The zero-order valence-electron chi connectivity index (χ0n) is 12.3. The SMILES string of the molecule is Cc1cc(C)c(C(O)COc2cc(F)ccc2F)c(C)c1. The molecule has 4 heteroatoms. The number of hydrogen-bond donors (Lipinski definition) is 1. The molecule has 0 fully saturated rings. The molecule has 0 aromatic heterocycles. The summed E-state index contributed by atoms with van der Waals surface area (Å²) in [4.78, 5) is 0. The van der Waals surface area contributed by atoms with Gasteiger partial charge < -0.3 is 9.84 Å². The zero-order valence-corrected chi connectivity index (χ0v) is 12.3. The number of aliphatic hydroxyl groups is 1. The lowest BCUT2D eigenvalue weighted by atomic mass is 9.96. The van der Waals surface area contributed by atoms with Gasteiger partial charge in [-0.05, 0) is 49.6 Å². The van der Waals surface area contributed by atoms with Crippen molar-refractivity contribution >= 4 is 0 Å². The third-order valence-electron chi connectivity index (χ3n) is 3.36. The summed E-state index contributed by atoms with van der Waals surface area (Å²) in [5.74, 6) is -1.43. The van der Waals surface area contributed by atoms with Crippen molar-refractivity contribution in [3.05, 3.63) is 64.2 Å². The van der Waals surface area contributed by atoms with E-state index in [1.165, 1.54) is 0 Å². The van der Waals surface area contributed by atoms with Crippen LogP contribution in [-0.4, -0.2) is 11.7 Å². The van der Waals surface area contributed by atoms with Gasteiger partial charge in [-0.2, -0.15) is 0 Å². The van der Waals surface area contributed by atoms with Crippen molar-refractivity contribution in [3.63, 3.8) is 0 Å². The molecule has 1 unspecified atom stereocenters. The van der Waals surface area contributed by atoms with Crippen LogP contribution in [0, 0.1) is 32.4 Å². The van der Waals surface area contributed by atoms with Crippen LogP contribution in [0.3, 0.4) is 0 Å². The molecule has 0 radical (unpaired) electrons. The molecular weight excluding hydrogens is 274 g/mol. The summed E-state index contributed by atoms with van der Waals surface area (Å²) in [6.45, 7) is 5.66. The van der Waals surface area contributed by atoms with Gasteiger partial charge in [0.05, 0.1) is 0 Å². The van der Waals surface area contributed by atoms with Crippen LogP contribution in [0.1, 0.15) is 28.4 Å². The Morgan fingerprint density at radius 1 is 1.05 bits per heavy atom. The molecule has 2 aromatic rings. The summed E-state index contributed by atoms with van der Waals surface area (Å²) in [6, 6.07) is 6.92. The van der Waals surface area contributed by atoms with E-state index in [1.807, 2.05) is 32.9 Å². The van der Waals surface area contributed by atoms with Crippen molar-refractivity contribution < 1.29 is 18.6 Å². The average molecular weight is 292 g/mol. The lowest BCUT2D eigenvalue weighted by Gasteiger charge is -2.18. The van der Waals surface area contributed by atoms with Crippen LogP contribution in [0.5, 0.6) is 5.75 Å². The first kappa shape index (κ1) is 15.4. The van der Waals surface area contributed by atoms with Gasteiger partial charge in [0.2, 0.25) is 0 Å². The summed E-state index contributed by atoms with van der Waals surface area (Å²) < 4.78 is 31.7. The lowest BCUT2D eigenvalue weighted by Crippen LogP contribution is -2.13. The molecule has 2 rings (SSSR count). The molecule has 0 heterocycles. The third-order valence-corrected chi connectivity index (χ3v) is 3.36. The maximum absolute atomic E-state index is 13.5. The predicted octanol–water partition coefficient (Wildman–Crippen LogP) is 4.00. The van der Waals surface area contributed by atoms with Gasteiger partial charge in [-0.3, -0.25) is 0 Å². The van der Waals surface area contributed by atoms with Crippen molar-refractivity contribution in [3.8, 4) is 5.75 Å². The molecule has 0 aliphatic carbocycles. The second-order valence-corrected chi connectivity index (χ2v) is 5.21. The van der Waals surface area contributed by atoms with E-state index in [1.54, 1.807) is 0 Å². The van der Waals surface area contributed by atoms with Crippen LogP contribution in [0.15, 0.2) is 30.3 Å². The van der Waals surface area contributed by atoms with Crippen molar-refractivity contribution in [2.75, 3.05) is 6.61 Å². The minimum Gasteiger partial charge on any atom is -0.487 e. The molecule has 2 nitrogen and oxygen atoms in total. The topological polar surface area (TPSA) is 29.5 Å². The van der Waals surface area contributed by atoms with Gasteiger partial charge in [-0.15, -0.1) is 0 Å². The summed E-state index contributed by atoms with van der Waals surface area (Å²) in [5, 5.41) is 10.3. The standard InChI is InChI=1S/C17H18F2O2/c1-10-6-11(2)17(12(3)7-10)15(20)9-21-16-8-13(18)4-5-14(16)19/h4-8,15,20H,9H2,1-3H3. The van der Waals surface area contributed by atoms with E-state index in [0.717, 1.165) is 40.5 Å². The molecule has 1 N–H and O–H groups in total. The number of aryl methyl sites for hydroxylation is 3. The maximum atomic E-state index is 13.5. The van der Waals surface area contributed by atoms with Gasteiger partial charge in [0.1, 0.15) is 18.5 Å². The van der Waals surface area contributed by atoms with Crippen LogP contribution in [0.25, 0.3) is 0 Å². The number of hydrogen-bond acceptors (Lipinski definition) is 2. The van der Waals surface area contributed by atoms with E-state index in [4.69, 9.17) is 4.74 Å². The number of aliphatic hydroxyl groups excluding tert-OH is 1. The Kier molecular flexibility index (Phi) is 4.58. The highest BCUT2D eigenvalue weighted by Gasteiger charge is 2.16. The van der Waals surface area contributed by atoms with Crippen molar-refractivity contribution in [1.82, 2.24) is 0 Å². The fraction of sp³-hybridized carbons (Fsp3) is 0.294. The first-order valence-electron chi connectivity index (χ1n) is 6.72. The van der Waals surface area contributed by atoms with Crippen molar-refractivity contribution in [2.45, 2.75) is 26.9 Å². The Morgan fingerprint density at radius 3 is 2.29 bits per heavy atom. The highest BCUT2D eigenvalue weighted by molar-refractivity contribution is 5.39. The molecule has 2 aromatic carbocycles. The molecule has 112 valence electrons. The molecule has 21 heavy (non-hydrogen) atoms. The second kappa shape index (κ2) is 6.22. The smallest absolute Gasteiger partial charge is 0.165 e. The van der Waals surface area contributed by atoms with E-state index >= 15 is 0 Å². The van der Waals surface area contributed by atoms with Crippen molar-refractivity contribution in [1.29, 1.82) is 0 Å². The van der Waals surface area contributed by atoms with Gasteiger partial charge in [0.25, 0.3) is 0 Å². The molecule has 0 saturated heterocycles. The normalized spacial score (nSPS) is 12.3. The third kappa shape index (κ3) is 3.58. The second-order valence-electron chi connectivity index (χ2n) is 5.21. The number of rotatable bonds is 4. The molecule has 0 saturated carbocycles. The van der Waals surface area contributed by atoms with E-state index in [-0.39, 0.29) is 12.4 Å². The van der Waals surface area contributed by atoms with Gasteiger partial charge in [-0.1, -0.05) is 17.7 Å². The molecule has 0 aliphatic heterocycles. The maximum Gasteiger partial charge on any atom is 0.165 e. The molecule has 0 aliphatic rings. The Morgan fingerprint density at radius 2 is 1.67 bits per heavy atom. The largest absolute Gasteiger partial charge is 0.487 e.